The van der Waals surface area contributed by atoms with Crippen LogP contribution in [0.1, 0.15) is 18.4 Å². The Kier molecular flexibility index (Phi) is 5.13. The first kappa shape index (κ1) is 21.5. The third-order valence-corrected chi connectivity index (χ3v) is 7.71. The predicted octanol–water partition coefficient (Wildman–Crippen LogP) is 2.59. The molecule has 1 aliphatic heterocycles. The normalized spacial score (nSPS) is 16.6. The van der Waals surface area contributed by atoms with E-state index in [1.54, 1.807) is 12.3 Å². The number of fused-ring (bicyclic) bond motifs is 2. The smallest absolute Gasteiger partial charge is 0.267 e. The lowest BCUT2D eigenvalue weighted by Crippen LogP contribution is -2.33. The monoisotopic (exact) mass is 468 g/mol. The van der Waals surface area contributed by atoms with Gasteiger partial charge in [-0.15, -0.1) is 0 Å². The molecule has 10 heteroatoms. The molecule has 0 bridgehead atoms. The summed E-state index contributed by atoms with van der Waals surface area (Å²) in [7, 11) is -4.20. The first-order valence-electron chi connectivity index (χ1n) is 10.5. The minimum Gasteiger partial charge on any atom is -0.376 e. The van der Waals surface area contributed by atoms with Crippen LogP contribution in [0.4, 0.5) is 4.39 Å². The number of benzene rings is 1. The van der Waals surface area contributed by atoms with E-state index in [9.17, 15) is 17.6 Å². The Morgan fingerprint density at radius 2 is 1.97 bits per heavy atom. The maximum atomic E-state index is 13.4. The van der Waals surface area contributed by atoms with Gasteiger partial charge in [-0.2, -0.15) is 0 Å². The lowest BCUT2D eigenvalue weighted by Gasteiger charge is -2.18. The van der Waals surface area contributed by atoms with Crippen LogP contribution >= 0.6 is 0 Å². The first-order valence-corrected chi connectivity index (χ1v) is 12.0. The summed E-state index contributed by atoms with van der Waals surface area (Å²) in [5.41, 5.74) is 0.703. The van der Waals surface area contributed by atoms with Crippen molar-refractivity contribution in [1.29, 1.82) is 5.41 Å². The number of hydrogen-bond acceptors (Lipinski definition) is 6. The molecule has 1 saturated heterocycles. The lowest BCUT2D eigenvalue weighted by molar-refractivity contribution is 0.0965. The molecule has 1 aromatic carbocycles. The molecule has 170 valence electrons. The molecule has 5 rings (SSSR count). The third-order valence-electron chi connectivity index (χ3n) is 5.92. The zero-order chi connectivity index (χ0) is 23.3. The summed E-state index contributed by atoms with van der Waals surface area (Å²) in [5, 5.41) is 8.85. The van der Waals surface area contributed by atoms with Gasteiger partial charge in [0.1, 0.15) is 27.5 Å². The number of aromatic nitrogens is 3. The van der Waals surface area contributed by atoms with E-state index >= 15 is 0 Å². The van der Waals surface area contributed by atoms with Gasteiger partial charge in [0, 0.05) is 12.8 Å². The third kappa shape index (κ3) is 3.55. The van der Waals surface area contributed by atoms with Crippen molar-refractivity contribution < 1.29 is 17.5 Å². The summed E-state index contributed by atoms with van der Waals surface area (Å²) < 4.78 is 48.7. The highest BCUT2D eigenvalue weighted by Crippen LogP contribution is 2.23. The van der Waals surface area contributed by atoms with Gasteiger partial charge < -0.3 is 9.30 Å². The second kappa shape index (κ2) is 7.89. The molecule has 4 heterocycles. The number of halogens is 1. The van der Waals surface area contributed by atoms with E-state index in [4.69, 9.17) is 10.1 Å². The molecular formula is C23H21FN4O4S. The molecule has 0 saturated carbocycles. The van der Waals surface area contributed by atoms with Crippen LogP contribution in [-0.4, -0.2) is 35.1 Å². The van der Waals surface area contributed by atoms with Gasteiger partial charge in [-0.1, -0.05) is 6.07 Å². The number of ether oxygens (including phenoxy) is 1. The molecule has 0 spiro atoms. The summed E-state index contributed by atoms with van der Waals surface area (Å²) in [6.07, 6.45) is 2.98. The SMILES string of the molecule is Cc1cccn2c(=O)c3cc(S(=O)(=O)c4ccc(F)cc4)c(=N)n(C[C@@H]4CCCO4)c3nc12. The molecular weight excluding hydrogens is 447 g/mol. The van der Waals surface area contributed by atoms with Crippen LogP contribution in [0.5, 0.6) is 0 Å². The minimum atomic E-state index is -4.20. The summed E-state index contributed by atoms with van der Waals surface area (Å²) in [6, 6.07) is 9.13. The largest absolute Gasteiger partial charge is 0.376 e. The fraction of sp³-hybridized carbons (Fsp3) is 0.261. The van der Waals surface area contributed by atoms with E-state index < -0.39 is 21.2 Å². The van der Waals surface area contributed by atoms with Gasteiger partial charge in [-0.25, -0.2) is 17.8 Å². The van der Waals surface area contributed by atoms with Crippen molar-refractivity contribution in [1.82, 2.24) is 14.0 Å². The van der Waals surface area contributed by atoms with E-state index in [-0.39, 0.29) is 39.0 Å². The second-order valence-corrected chi connectivity index (χ2v) is 10.0. The van der Waals surface area contributed by atoms with Crippen molar-refractivity contribution in [2.45, 2.75) is 42.2 Å². The summed E-state index contributed by atoms with van der Waals surface area (Å²) in [6.45, 7) is 2.60. The van der Waals surface area contributed by atoms with Crippen LogP contribution in [0.25, 0.3) is 16.7 Å². The molecule has 1 atom stereocenters. The van der Waals surface area contributed by atoms with Gasteiger partial charge in [-0.05, 0) is 61.7 Å². The van der Waals surface area contributed by atoms with Crippen molar-refractivity contribution in [3.8, 4) is 0 Å². The summed E-state index contributed by atoms with van der Waals surface area (Å²) in [4.78, 5) is 17.5. The Morgan fingerprint density at radius 1 is 1.21 bits per heavy atom. The van der Waals surface area contributed by atoms with E-state index in [2.05, 4.69) is 4.98 Å². The number of rotatable bonds is 4. The zero-order valence-corrected chi connectivity index (χ0v) is 18.6. The van der Waals surface area contributed by atoms with Gasteiger partial charge in [0.05, 0.1) is 22.9 Å². The van der Waals surface area contributed by atoms with Crippen LogP contribution in [0.2, 0.25) is 0 Å². The Labute approximate surface area is 188 Å². The van der Waals surface area contributed by atoms with E-state index in [1.165, 1.54) is 15.0 Å². The Balaban J connectivity index is 1.86. The van der Waals surface area contributed by atoms with Crippen molar-refractivity contribution in [3.63, 3.8) is 0 Å². The van der Waals surface area contributed by atoms with E-state index in [1.807, 2.05) is 13.0 Å². The van der Waals surface area contributed by atoms with Crippen LogP contribution < -0.4 is 11.0 Å². The van der Waals surface area contributed by atoms with Crippen molar-refractivity contribution in [2.75, 3.05) is 6.61 Å². The molecule has 1 fully saturated rings. The number of nitrogens with zero attached hydrogens (tertiary/aromatic N) is 3. The van der Waals surface area contributed by atoms with Crippen LogP contribution in [0.3, 0.4) is 0 Å². The van der Waals surface area contributed by atoms with Crippen LogP contribution in [0.15, 0.2) is 63.2 Å². The average molecular weight is 469 g/mol. The highest BCUT2D eigenvalue weighted by Gasteiger charge is 2.26. The van der Waals surface area contributed by atoms with Gasteiger partial charge in [-0.3, -0.25) is 14.6 Å². The van der Waals surface area contributed by atoms with Crippen LogP contribution in [0, 0.1) is 18.2 Å². The maximum Gasteiger partial charge on any atom is 0.267 e. The highest BCUT2D eigenvalue weighted by molar-refractivity contribution is 7.91. The Bertz CT molecular complexity index is 1620. The molecule has 0 radical (unpaired) electrons. The van der Waals surface area contributed by atoms with Gasteiger partial charge >= 0.3 is 0 Å². The Morgan fingerprint density at radius 3 is 2.67 bits per heavy atom. The number of hydrogen-bond donors (Lipinski definition) is 1. The second-order valence-electron chi connectivity index (χ2n) is 8.10. The molecule has 8 nitrogen and oxygen atoms in total. The van der Waals surface area contributed by atoms with Gasteiger partial charge in [0.15, 0.2) is 0 Å². The standard InChI is InChI=1S/C23H21FN4O4S/c1-14-4-2-10-27-21(14)26-22-18(23(27)29)12-19(20(25)28(22)13-16-5-3-11-32-16)33(30,31)17-8-6-15(24)7-9-17/h2,4,6-10,12,16,25H,3,5,11,13H2,1H3/t16-/m0/s1. The van der Waals surface area contributed by atoms with Crippen molar-refractivity contribution in [3.05, 3.63) is 75.9 Å². The summed E-state index contributed by atoms with van der Waals surface area (Å²) >= 11 is 0. The average Bonchev–Trinajstić information content (AvgIpc) is 3.30. The van der Waals surface area contributed by atoms with Crippen molar-refractivity contribution >= 4 is 26.5 Å². The Hall–Kier alpha value is -3.37. The fourth-order valence-corrected chi connectivity index (χ4v) is 5.57. The first-order chi connectivity index (χ1) is 15.8. The minimum absolute atomic E-state index is 0.0767. The molecule has 0 aliphatic carbocycles. The maximum absolute atomic E-state index is 13.4. The predicted molar refractivity (Wildman–Crippen MR) is 118 cm³/mol. The number of sulfone groups is 1. The quantitative estimate of drug-likeness (QED) is 0.366. The van der Waals surface area contributed by atoms with Crippen molar-refractivity contribution in [2.24, 2.45) is 0 Å². The molecule has 4 aromatic rings. The number of aryl methyl sites for hydroxylation is 1. The van der Waals surface area contributed by atoms with Gasteiger partial charge in [0.25, 0.3) is 5.56 Å². The van der Waals surface area contributed by atoms with E-state index in [0.29, 0.717) is 12.3 Å². The number of pyridine rings is 2. The summed E-state index contributed by atoms with van der Waals surface area (Å²) in [5.74, 6) is -0.573. The molecule has 0 amide bonds. The number of nitrogens with one attached hydrogen (secondary N) is 1. The van der Waals surface area contributed by atoms with Gasteiger partial charge in [0.2, 0.25) is 9.84 Å². The van der Waals surface area contributed by atoms with Crippen LogP contribution in [-0.2, 0) is 21.1 Å². The highest BCUT2D eigenvalue weighted by atomic mass is 32.2. The van der Waals surface area contributed by atoms with E-state index in [0.717, 1.165) is 42.7 Å². The molecule has 3 aromatic heterocycles. The fourth-order valence-electron chi connectivity index (χ4n) is 4.19. The molecule has 33 heavy (non-hydrogen) atoms. The molecule has 0 unspecified atom stereocenters. The zero-order valence-electron chi connectivity index (χ0n) is 17.8. The molecule has 1 N–H and O–H groups in total. The topological polar surface area (TPSA) is 107 Å². The lowest BCUT2D eigenvalue weighted by atomic mass is 10.2. The molecule has 1 aliphatic rings.